The number of aliphatic carboxylic acids is 1. The predicted octanol–water partition coefficient (Wildman–Crippen LogP) is -0.178. The van der Waals surface area contributed by atoms with Crippen LogP contribution in [0.25, 0.3) is 0 Å². The van der Waals surface area contributed by atoms with E-state index in [9.17, 15) is 9.59 Å². The highest BCUT2D eigenvalue weighted by Crippen LogP contribution is 2.19. The minimum absolute atomic E-state index is 0.170. The summed E-state index contributed by atoms with van der Waals surface area (Å²) in [4.78, 5) is 26.9. The summed E-state index contributed by atoms with van der Waals surface area (Å²) in [5.41, 5.74) is 0. The van der Waals surface area contributed by atoms with Crippen LogP contribution < -0.4 is 5.32 Å². The molecule has 0 aromatic heterocycles. The first kappa shape index (κ1) is 15.1. The number of carbonyl (C=O) groups is 2. The van der Waals surface area contributed by atoms with Gasteiger partial charge < -0.3 is 25.0 Å². The summed E-state index contributed by atoms with van der Waals surface area (Å²) in [6.45, 7) is 2.12. The number of likely N-dealkylation sites (N-methyl/N-ethyl adjacent to an activating group) is 2. The number of carboxylic acids is 1. The minimum atomic E-state index is -0.914. The second-order valence-electron chi connectivity index (χ2n) is 5.62. The Morgan fingerprint density at radius 1 is 1.45 bits per heavy atom. The van der Waals surface area contributed by atoms with E-state index in [1.54, 1.807) is 7.05 Å². The van der Waals surface area contributed by atoms with Crippen LogP contribution in [0.15, 0.2) is 0 Å². The number of rotatable bonds is 4. The minimum Gasteiger partial charge on any atom is -0.481 e. The van der Waals surface area contributed by atoms with Gasteiger partial charge in [-0.1, -0.05) is 0 Å². The Bertz CT molecular complexity index is 377. The molecule has 3 unspecified atom stereocenters. The summed E-state index contributed by atoms with van der Waals surface area (Å²) < 4.78 is 5.19. The van der Waals surface area contributed by atoms with E-state index in [1.165, 1.54) is 4.90 Å². The molecule has 2 rings (SSSR count). The van der Waals surface area contributed by atoms with Crippen molar-refractivity contribution < 1.29 is 19.4 Å². The lowest BCUT2D eigenvalue weighted by molar-refractivity contribution is -0.142. The number of ether oxygens (including phenoxy) is 1. The van der Waals surface area contributed by atoms with Gasteiger partial charge in [-0.25, -0.2) is 4.79 Å². The highest BCUT2D eigenvalue weighted by atomic mass is 16.5. The molecule has 7 nitrogen and oxygen atoms in total. The van der Waals surface area contributed by atoms with Gasteiger partial charge in [0.05, 0.1) is 19.3 Å². The number of carboxylic acid groups (broad SMARTS) is 1. The van der Waals surface area contributed by atoms with Crippen molar-refractivity contribution in [2.75, 3.05) is 40.4 Å². The van der Waals surface area contributed by atoms with Crippen LogP contribution in [0.2, 0.25) is 0 Å². The summed E-state index contributed by atoms with van der Waals surface area (Å²) in [5.74, 6) is -1.55. The first-order valence-electron chi connectivity index (χ1n) is 7.02. The molecule has 0 aliphatic carbocycles. The van der Waals surface area contributed by atoms with Gasteiger partial charge in [-0.3, -0.25) is 4.79 Å². The number of hydrogen-bond donors (Lipinski definition) is 2. The van der Waals surface area contributed by atoms with Crippen LogP contribution in [0.5, 0.6) is 0 Å². The zero-order valence-electron chi connectivity index (χ0n) is 12.0. The van der Waals surface area contributed by atoms with Crippen LogP contribution in [-0.2, 0) is 9.53 Å². The Balaban J connectivity index is 1.83. The van der Waals surface area contributed by atoms with Crippen molar-refractivity contribution in [1.82, 2.24) is 15.1 Å². The van der Waals surface area contributed by atoms with Crippen LogP contribution in [-0.4, -0.2) is 79.4 Å². The third-order valence-electron chi connectivity index (χ3n) is 4.35. The lowest BCUT2D eigenvalue weighted by Gasteiger charge is -2.28. The van der Waals surface area contributed by atoms with E-state index in [-0.39, 0.29) is 19.2 Å². The smallest absolute Gasteiger partial charge is 0.317 e. The van der Waals surface area contributed by atoms with Gasteiger partial charge in [0, 0.05) is 19.6 Å². The van der Waals surface area contributed by atoms with Crippen molar-refractivity contribution in [3.05, 3.63) is 0 Å². The average molecular weight is 285 g/mol. The van der Waals surface area contributed by atoms with Gasteiger partial charge in [0.25, 0.3) is 0 Å². The maximum atomic E-state index is 12.1. The molecule has 0 bridgehead atoms. The Morgan fingerprint density at radius 3 is 2.80 bits per heavy atom. The van der Waals surface area contributed by atoms with Gasteiger partial charge in [0.1, 0.15) is 5.92 Å². The summed E-state index contributed by atoms with van der Waals surface area (Å²) in [5, 5.41) is 12.0. The highest BCUT2D eigenvalue weighted by molar-refractivity contribution is 5.77. The Labute approximate surface area is 118 Å². The molecule has 7 heteroatoms. The highest BCUT2D eigenvalue weighted by Gasteiger charge is 2.38. The molecule has 0 aromatic rings. The molecule has 0 radical (unpaired) electrons. The largest absolute Gasteiger partial charge is 0.481 e. The van der Waals surface area contributed by atoms with E-state index >= 15 is 0 Å². The number of hydrogen-bond acceptors (Lipinski definition) is 4. The molecule has 2 saturated heterocycles. The fraction of sp³-hybridized carbons (Fsp3) is 0.846. The molecule has 2 aliphatic rings. The maximum absolute atomic E-state index is 12.1. The summed E-state index contributed by atoms with van der Waals surface area (Å²) >= 11 is 0. The van der Waals surface area contributed by atoms with Crippen molar-refractivity contribution >= 4 is 12.0 Å². The van der Waals surface area contributed by atoms with Gasteiger partial charge in [-0.05, 0) is 26.4 Å². The molecule has 3 atom stereocenters. The Morgan fingerprint density at radius 2 is 2.20 bits per heavy atom. The molecule has 2 N–H and O–H groups in total. The lowest BCUT2D eigenvalue weighted by Crippen LogP contribution is -2.50. The zero-order chi connectivity index (χ0) is 14.7. The zero-order valence-corrected chi connectivity index (χ0v) is 12.0. The molecule has 0 aromatic carbocycles. The van der Waals surface area contributed by atoms with Gasteiger partial charge >= 0.3 is 12.0 Å². The average Bonchev–Trinajstić information content (AvgIpc) is 3.03. The van der Waals surface area contributed by atoms with E-state index in [2.05, 4.69) is 17.3 Å². The quantitative estimate of drug-likeness (QED) is 0.749. The molecule has 2 heterocycles. The molecule has 2 aliphatic heterocycles. The number of likely N-dealkylation sites (tertiary alicyclic amines) is 1. The lowest BCUT2D eigenvalue weighted by atomic mass is 10.0. The number of amides is 2. The van der Waals surface area contributed by atoms with Gasteiger partial charge in [-0.2, -0.15) is 0 Å². The molecular weight excluding hydrogens is 262 g/mol. The van der Waals surface area contributed by atoms with Crippen LogP contribution in [0.3, 0.4) is 0 Å². The fourth-order valence-electron chi connectivity index (χ4n) is 2.88. The Hall–Kier alpha value is -1.34. The van der Waals surface area contributed by atoms with Gasteiger partial charge in [-0.15, -0.1) is 0 Å². The van der Waals surface area contributed by atoms with Crippen molar-refractivity contribution in [3.63, 3.8) is 0 Å². The van der Waals surface area contributed by atoms with E-state index in [1.807, 2.05) is 0 Å². The predicted molar refractivity (Wildman–Crippen MR) is 72.5 cm³/mol. The normalized spacial score (nSPS) is 30.4. The number of nitrogens with zero attached hydrogens (tertiary/aromatic N) is 2. The van der Waals surface area contributed by atoms with Gasteiger partial charge in [0.2, 0.25) is 0 Å². The third-order valence-corrected chi connectivity index (χ3v) is 4.35. The molecule has 0 spiro atoms. The molecule has 2 fully saturated rings. The van der Waals surface area contributed by atoms with E-state index in [0.717, 1.165) is 19.4 Å². The molecule has 114 valence electrons. The first-order chi connectivity index (χ1) is 9.50. The second kappa shape index (κ2) is 6.41. The summed E-state index contributed by atoms with van der Waals surface area (Å²) in [7, 11) is 3.68. The van der Waals surface area contributed by atoms with Crippen molar-refractivity contribution in [2.45, 2.75) is 24.9 Å². The molecular formula is C13H23N3O4. The third kappa shape index (κ3) is 3.21. The van der Waals surface area contributed by atoms with Crippen LogP contribution >= 0.6 is 0 Å². The topological polar surface area (TPSA) is 82.1 Å². The van der Waals surface area contributed by atoms with Gasteiger partial charge in [0.15, 0.2) is 0 Å². The van der Waals surface area contributed by atoms with Crippen LogP contribution in [0.4, 0.5) is 4.79 Å². The van der Waals surface area contributed by atoms with E-state index < -0.39 is 17.9 Å². The molecule has 20 heavy (non-hydrogen) atoms. The monoisotopic (exact) mass is 285 g/mol. The van der Waals surface area contributed by atoms with E-state index in [0.29, 0.717) is 12.6 Å². The SMILES string of the molecule is CN1CCCC1CNC(=O)N(C)C1COCC1C(=O)O. The number of nitrogens with one attached hydrogen (secondary N) is 1. The van der Waals surface area contributed by atoms with Crippen LogP contribution in [0.1, 0.15) is 12.8 Å². The summed E-state index contributed by atoms with van der Waals surface area (Å²) in [6, 6.07) is -0.247. The van der Waals surface area contributed by atoms with E-state index in [4.69, 9.17) is 9.84 Å². The summed E-state index contributed by atoms with van der Waals surface area (Å²) in [6.07, 6.45) is 2.25. The molecule has 0 saturated carbocycles. The first-order valence-corrected chi connectivity index (χ1v) is 7.02. The molecule has 2 amide bonds. The fourth-order valence-corrected chi connectivity index (χ4v) is 2.88. The number of urea groups is 1. The maximum Gasteiger partial charge on any atom is 0.317 e. The van der Waals surface area contributed by atoms with Crippen LogP contribution in [0, 0.1) is 5.92 Å². The second-order valence-corrected chi connectivity index (χ2v) is 5.62. The standard InChI is InChI=1S/C13H23N3O4/c1-15-5-3-4-9(15)6-14-13(19)16(2)11-8-20-7-10(11)12(17)18/h9-11H,3-8H2,1-2H3,(H,14,19)(H,17,18). The Kier molecular flexibility index (Phi) is 4.82. The van der Waals surface area contributed by atoms with Crippen molar-refractivity contribution in [3.8, 4) is 0 Å². The number of carbonyl (C=O) groups excluding carboxylic acids is 1. The van der Waals surface area contributed by atoms with Crippen molar-refractivity contribution in [1.29, 1.82) is 0 Å². The van der Waals surface area contributed by atoms with Crippen molar-refractivity contribution in [2.24, 2.45) is 5.92 Å².